The van der Waals surface area contributed by atoms with Gasteiger partial charge in [-0.25, -0.2) is 4.68 Å². The van der Waals surface area contributed by atoms with Crippen molar-refractivity contribution in [1.29, 1.82) is 0 Å². The first-order valence-corrected chi connectivity index (χ1v) is 10.3. The summed E-state index contributed by atoms with van der Waals surface area (Å²) in [7, 11) is 0. The fourth-order valence-electron chi connectivity index (χ4n) is 4.56. The summed E-state index contributed by atoms with van der Waals surface area (Å²) in [4.78, 5) is 12.2. The molecule has 146 valence electrons. The number of rotatable bonds is 4. The minimum absolute atomic E-state index is 0.260. The standard InChI is InChI=1S/C23H25ClN2O2/c1-16(27)28-23(2,17-8-4-3-5-9-17)22-20-10-6-7-11-21(20)25-26(22)19-14-12-18(24)13-15-19/h6-7,10-15,17H,3-5,8-9H2,1-2H3. The highest BCUT2D eigenvalue weighted by Crippen LogP contribution is 2.45. The van der Waals surface area contributed by atoms with E-state index in [-0.39, 0.29) is 11.9 Å². The molecule has 1 aromatic heterocycles. The first kappa shape index (κ1) is 19.0. The van der Waals surface area contributed by atoms with Crippen molar-refractivity contribution in [2.45, 2.75) is 51.6 Å². The molecule has 0 amide bonds. The molecule has 0 bridgehead atoms. The van der Waals surface area contributed by atoms with Crippen molar-refractivity contribution >= 4 is 28.5 Å². The molecule has 0 N–H and O–H groups in total. The number of nitrogens with zero attached hydrogens (tertiary/aromatic N) is 2. The van der Waals surface area contributed by atoms with Crippen molar-refractivity contribution in [3.05, 3.63) is 59.2 Å². The maximum atomic E-state index is 12.2. The smallest absolute Gasteiger partial charge is 0.303 e. The first-order chi connectivity index (χ1) is 13.5. The van der Waals surface area contributed by atoms with Crippen LogP contribution < -0.4 is 0 Å². The van der Waals surface area contributed by atoms with Crippen LogP contribution >= 0.6 is 11.6 Å². The number of fused-ring (bicyclic) bond motifs is 1. The molecule has 1 aliphatic carbocycles. The molecule has 0 saturated heterocycles. The van der Waals surface area contributed by atoms with Crippen LogP contribution in [0, 0.1) is 5.92 Å². The lowest BCUT2D eigenvalue weighted by Crippen LogP contribution is -2.39. The van der Waals surface area contributed by atoms with Gasteiger partial charge in [-0.05, 0) is 50.1 Å². The third-order valence-corrected chi connectivity index (χ3v) is 6.11. The van der Waals surface area contributed by atoms with Crippen LogP contribution in [0.15, 0.2) is 48.5 Å². The number of ether oxygens (including phenoxy) is 1. The number of esters is 1. The summed E-state index contributed by atoms with van der Waals surface area (Å²) in [5, 5.41) is 6.56. The van der Waals surface area contributed by atoms with Gasteiger partial charge in [0.1, 0.15) is 0 Å². The van der Waals surface area contributed by atoms with E-state index < -0.39 is 5.60 Å². The van der Waals surface area contributed by atoms with Crippen molar-refractivity contribution in [3.8, 4) is 5.69 Å². The average molecular weight is 397 g/mol. The second-order valence-electron chi connectivity index (χ2n) is 7.79. The Balaban J connectivity index is 1.96. The summed E-state index contributed by atoms with van der Waals surface area (Å²) in [6.45, 7) is 3.55. The molecule has 1 aliphatic rings. The molecule has 0 aliphatic heterocycles. The Hall–Kier alpha value is -2.33. The normalized spacial score (nSPS) is 17.4. The molecule has 4 nitrogen and oxygen atoms in total. The highest BCUT2D eigenvalue weighted by Gasteiger charge is 2.43. The van der Waals surface area contributed by atoms with Gasteiger partial charge < -0.3 is 4.74 Å². The molecule has 1 unspecified atom stereocenters. The summed E-state index contributed by atoms with van der Waals surface area (Å²) >= 11 is 6.10. The molecule has 5 heteroatoms. The monoisotopic (exact) mass is 396 g/mol. The lowest BCUT2D eigenvalue weighted by molar-refractivity contribution is -0.165. The molecule has 0 radical (unpaired) electrons. The van der Waals surface area contributed by atoms with Gasteiger partial charge in [-0.3, -0.25) is 4.79 Å². The molecule has 1 fully saturated rings. The van der Waals surface area contributed by atoms with Crippen LogP contribution in [0.25, 0.3) is 16.6 Å². The minimum Gasteiger partial charge on any atom is -0.453 e. The van der Waals surface area contributed by atoms with E-state index in [4.69, 9.17) is 21.4 Å². The van der Waals surface area contributed by atoms with Crippen molar-refractivity contribution in [2.75, 3.05) is 0 Å². The average Bonchev–Trinajstić information content (AvgIpc) is 3.09. The summed E-state index contributed by atoms with van der Waals surface area (Å²) < 4.78 is 8.02. The number of carbonyl (C=O) groups is 1. The van der Waals surface area contributed by atoms with Gasteiger partial charge in [0, 0.05) is 23.3 Å². The van der Waals surface area contributed by atoms with Crippen LogP contribution in [0.3, 0.4) is 0 Å². The van der Waals surface area contributed by atoms with Gasteiger partial charge in [0.05, 0.1) is 16.9 Å². The zero-order valence-corrected chi connectivity index (χ0v) is 17.1. The van der Waals surface area contributed by atoms with E-state index in [0.29, 0.717) is 5.02 Å². The second-order valence-corrected chi connectivity index (χ2v) is 8.23. The number of benzene rings is 2. The Morgan fingerprint density at radius 1 is 1.11 bits per heavy atom. The Kier molecular flexibility index (Phi) is 5.15. The predicted molar refractivity (Wildman–Crippen MR) is 112 cm³/mol. The van der Waals surface area contributed by atoms with Gasteiger partial charge in [-0.15, -0.1) is 0 Å². The van der Waals surface area contributed by atoms with Gasteiger partial charge in [0.2, 0.25) is 0 Å². The van der Waals surface area contributed by atoms with Crippen LogP contribution in [0.1, 0.15) is 51.6 Å². The molecule has 1 heterocycles. The van der Waals surface area contributed by atoms with Crippen LogP contribution in [0.4, 0.5) is 0 Å². The Bertz CT molecular complexity index is 990. The Morgan fingerprint density at radius 2 is 1.79 bits per heavy atom. The zero-order valence-electron chi connectivity index (χ0n) is 16.3. The van der Waals surface area contributed by atoms with Gasteiger partial charge in [0.15, 0.2) is 5.60 Å². The Labute approximate surface area is 170 Å². The minimum atomic E-state index is -0.748. The van der Waals surface area contributed by atoms with Crippen LogP contribution in [0.2, 0.25) is 5.02 Å². The third kappa shape index (κ3) is 3.42. The number of aromatic nitrogens is 2. The zero-order chi connectivity index (χ0) is 19.7. The topological polar surface area (TPSA) is 44.1 Å². The van der Waals surface area contributed by atoms with Crippen molar-refractivity contribution in [1.82, 2.24) is 9.78 Å². The van der Waals surface area contributed by atoms with E-state index >= 15 is 0 Å². The van der Waals surface area contributed by atoms with E-state index in [9.17, 15) is 4.79 Å². The van der Waals surface area contributed by atoms with E-state index in [1.165, 1.54) is 13.3 Å². The fraction of sp³-hybridized carbons (Fsp3) is 0.391. The molecule has 1 saturated carbocycles. The van der Waals surface area contributed by atoms with Gasteiger partial charge in [-0.2, -0.15) is 5.10 Å². The molecular formula is C23H25ClN2O2. The lowest BCUT2D eigenvalue weighted by Gasteiger charge is -2.39. The highest BCUT2D eigenvalue weighted by molar-refractivity contribution is 6.30. The van der Waals surface area contributed by atoms with E-state index in [1.54, 1.807) is 0 Å². The molecule has 1 atom stereocenters. The predicted octanol–water partition coefficient (Wildman–Crippen LogP) is 6.04. The molecule has 2 aromatic carbocycles. The largest absolute Gasteiger partial charge is 0.453 e. The number of carbonyl (C=O) groups excluding carboxylic acids is 1. The van der Waals surface area contributed by atoms with Crippen LogP contribution in [-0.2, 0) is 15.1 Å². The van der Waals surface area contributed by atoms with Gasteiger partial charge >= 0.3 is 5.97 Å². The van der Waals surface area contributed by atoms with Crippen molar-refractivity contribution in [3.63, 3.8) is 0 Å². The summed E-state index contributed by atoms with van der Waals surface area (Å²) in [6.07, 6.45) is 5.65. The van der Waals surface area contributed by atoms with Crippen LogP contribution in [-0.4, -0.2) is 15.7 Å². The van der Waals surface area contributed by atoms with Crippen molar-refractivity contribution in [2.24, 2.45) is 5.92 Å². The number of hydrogen-bond acceptors (Lipinski definition) is 3. The maximum Gasteiger partial charge on any atom is 0.303 e. The third-order valence-electron chi connectivity index (χ3n) is 5.86. The summed E-state index contributed by atoms with van der Waals surface area (Å²) in [5.74, 6) is -0.00248. The lowest BCUT2D eigenvalue weighted by atomic mass is 9.75. The molecule has 4 rings (SSSR count). The molecule has 3 aromatic rings. The van der Waals surface area contributed by atoms with E-state index in [1.807, 2.05) is 47.1 Å². The second kappa shape index (κ2) is 7.59. The highest BCUT2D eigenvalue weighted by atomic mass is 35.5. The molecule has 0 spiro atoms. The summed E-state index contributed by atoms with van der Waals surface area (Å²) in [5.41, 5.74) is 1.99. The quantitative estimate of drug-likeness (QED) is 0.505. The Morgan fingerprint density at radius 3 is 2.46 bits per heavy atom. The fourth-order valence-corrected chi connectivity index (χ4v) is 4.68. The SMILES string of the molecule is CC(=O)OC(C)(c1c2ccccc2nn1-c1ccc(Cl)cc1)C1CCCCC1. The number of hydrogen-bond donors (Lipinski definition) is 0. The van der Waals surface area contributed by atoms with E-state index in [2.05, 4.69) is 13.0 Å². The van der Waals surface area contributed by atoms with Crippen LogP contribution in [0.5, 0.6) is 0 Å². The van der Waals surface area contributed by atoms with Gasteiger partial charge in [0.25, 0.3) is 0 Å². The van der Waals surface area contributed by atoms with E-state index in [0.717, 1.165) is 48.0 Å². The first-order valence-electron chi connectivity index (χ1n) is 9.93. The molecular weight excluding hydrogens is 372 g/mol. The number of halogens is 1. The summed E-state index contributed by atoms with van der Waals surface area (Å²) in [6, 6.07) is 15.7. The van der Waals surface area contributed by atoms with Gasteiger partial charge in [-0.1, -0.05) is 49.1 Å². The maximum absolute atomic E-state index is 12.2. The molecule has 28 heavy (non-hydrogen) atoms. The van der Waals surface area contributed by atoms with Crippen molar-refractivity contribution < 1.29 is 9.53 Å².